The molecule has 0 radical (unpaired) electrons. The number of benzene rings is 1. The molecule has 3 heterocycles. The van der Waals surface area contributed by atoms with Crippen molar-refractivity contribution >= 4 is 21.5 Å². The molecular formula is C23H26N4O3S. The Labute approximate surface area is 183 Å². The van der Waals surface area contributed by atoms with Crippen LogP contribution in [0.4, 0.5) is 11.5 Å². The lowest BCUT2D eigenvalue weighted by Crippen LogP contribution is -2.38. The molecule has 1 aromatic carbocycles. The zero-order valence-corrected chi connectivity index (χ0v) is 18.5. The molecule has 0 aliphatic carbocycles. The van der Waals surface area contributed by atoms with Crippen LogP contribution in [0.5, 0.6) is 5.75 Å². The van der Waals surface area contributed by atoms with Gasteiger partial charge in [0.05, 0.1) is 7.11 Å². The fourth-order valence-electron chi connectivity index (χ4n) is 3.92. The van der Waals surface area contributed by atoms with E-state index in [9.17, 15) is 8.42 Å². The predicted octanol–water partition coefficient (Wildman–Crippen LogP) is 4.11. The Morgan fingerprint density at radius 2 is 1.81 bits per heavy atom. The zero-order chi connectivity index (χ0) is 21.8. The number of hydrogen-bond donors (Lipinski definition) is 1. The van der Waals surface area contributed by atoms with Gasteiger partial charge in [0.25, 0.3) is 0 Å². The third-order valence-electron chi connectivity index (χ3n) is 5.47. The Kier molecular flexibility index (Phi) is 6.20. The van der Waals surface area contributed by atoms with Crippen LogP contribution in [0, 0.1) is 6.92 Å². The van der Waals surface area contributed by atoms with Crippen molar-refractivity contribution in [2.24, 2.45) is 0 Å². The van der Waals surface area contributed by atoms with Crippen LogP contribution in [0.25, 0.3) is 0 Å². The van der Waals surface area contributed by atoms with Gasteiger partial charge in [-0.2, -0.15) is 4.31 Å². The second-order valence-corrected chi connectivity index (χ2v) is 9.50. The van der Waals surface area contributed by atoms with Crippen molar-refractivity contribution in [2.45, 2.75) is 30.6 Å². The first kappa shape index (κ1) is 21.3. The van der Waals surface area contributed by atoms with E-state index in [1.807, 2.05) is 37.3 Å². The fraction of sp³-hybridized carbons (Fsp3) is 0.304. The molecule has 0 amide bonds. The molecule has 7 nitrogen and oxygen atoms in total. The van der Waals surface area contributed by atoms with Crippen molar-refractivity contribution < 1.29 is 13.2 Å². The standard InChI is InChI=1S/C23H26N4O3S/c1-17-15-19(26-23-9-5-6-12-24-23)16-20(25-17)18-10-13-27(14-11-18)31(28,29)22-8-4-3-7-21(22)30-2/h3-9,12,15-16,18H,10-11,13-14H2,1-2H3,(H,24,25,26). The highest BCUT2D eigenvalue weighted by Crippen LogP contribution is 2.33. The lowest BCUT2D eigenvalue weighted by molar-refractivity contribution is 0.314. The summed E-state index contributed by atoms with van der Waals surface area (Å²) < 4.78 is 33.1. The van der Waals surface area contributed by atoms with E-state index < -0.39 is 10.0 Å². The van der Waals surface area contributed by atoms with Gasteiger partial charge in [0.2, 0.25) is 10.0 Å². The monoisotopic (exact) mass is 438 g/mol. The second-order valence-electron chi connectivity index (χ2n) is 7.59. The van der Waals surface area contributed by atoms with Gasteiger partial charge in [-0.05, 0) is 56.2 Å². The highest BCUT2D eigenvalue weighted by Gasteiger charge is 2.32. The number of piperidine rings is 1. The van der Waals surface area contributed by atoms with E-state index in [0.29, 0.717) is 31.7 Å². The quantitative estimate of drug-likeness (QED) is 0.624. The molecule has 1 aliphatic rings. The number of methoxy groups -OCH3 is 1. The van der Waals surface area contributed by atoms with E-state index in [2.05, 4.69) is 10.3 Å². The Balaban J connectivity index is 1.49. The Bertz CT molecular complexity index is 1140. The summed E-state index contributed by atoms with van der Waals surface area (Å²) in [4.78, 5) is 9.25. The summed E-state index contributed by atoms with van der Waals surface area (Å²) in [6, 6.07) is 16.5. The highest BCUT2D eigenvalue weighted by atomic mass is 32.2. The van der Waals surface area contributed by atoms with Crippen molar-refractivity contribution in [3.63, 3.8) is 0 Å². The minimum absolute atomic E-state index is 0.202. The molecule has 1 aliphatic heterocycles. The van der Waals surface area contributed by atoms with Gasteiger partial charge < -0.3 is 10.1 Å². The molecule has 3 aromatic rings. The summed E-state index contributed by atoms with van der Waals surface area (Å²) in [6.45, 7) is 2.86. The molecule has 0 saturated carbocycles. The van der Waals surface area contributed by atoms with E-state index in [-0.39, 0.29) is 10.8 Å². The van der Waals surface area contributed by atoms with Crippen LogP contribution in [0.1, 0.15) is 30.1 Å². The fourth-order valence-corrected chi connectivity index (χ4v) is 5.55. The summed E-state index contributed by atoms with van der Waals surface area (Å²) in [5.41, 5.74) is 2.83. The molecular weight excluding hydrogens is 412 g/mol. The minimum Gasteiger partial charge on any atom is -0.495 e. The highest BCUT2D eigenvalue weighted by molar-refractivity contribution is 7.89. The normalized spacial score (nSPS) is 15.5. The van der Waals surface area contributed by atoms with Gasteiger partial charge in [-0.1, -0.05) is 18.2 Å². The number of para-hydroxylation sites is 1. The SMILES string of the molecule is COc1ccccc1S(=O)(=O)N1CCC(c2cc(Nc3ccccn3)cc(C)n2)CC1. The van der Waals surface area contributed by atoms with Gasteiger partial charge in [0, 0.05) is 42.3 Å². The van der Waals surface area contributed by atoms with Crippen molar-refractivity contribution in [3.8, 4) is 5.75 Å². The molecule has 4 rings (SSSR count). The van der Waals surface area contributed by atoms with Crippen LogP contribution in [-0.2, 0) is 10.0 Å². The largest absolute Gasteiger partial charge is 0.495 e. The van der Waals surface area contributed by atoms with Crippen molar-refractivity contribution in [1.82, 2.24) is 14.3 Å². The Hall–Kier alpha value is -2.97. The lowest BCUT2D eigenvalue weighted by atomic mass is 9.93. The average molecular weight is 439 g/mol. The second kappa shape index (κ2) is 9.03. The zero-order valence-electron chi connectivity index (χ0n) is 17.7. The maximum atomic E-state index is 13.1. The molecule has 0 unspecified atom stereocenters. The predicted molar refractivity (Wildman–Crippen MR) is 120 cm³/mol. The number of aryl methyl sites for hydroxylation is 1. The van der Waals surface area contributed by atoms with E-state index >= 15 is 0 Å². The third-order valence-corrected chi connectivity index (χ3v) is 7.41. The topological polar surface area (TPSA) is 84.4 Å². The first-order valence-corrected chi connectivity index (χ1v) is 11.7. The number of hydrogen-bond acceptors (Lipinski definition) is 6. The number of aromatic nitrogens is 2. The summed E-state index contributed by atoms with van der Waals surface area (Å²) in [6.07, 6.45) is 3.18. The van der Waals surface area contributed by atoms with Crippen molar-refractivity contribution in [2.75, 3.05) is 25.5 Å². The summed E-state index contributed by atoms with van der Waals surface area (Å²) in [5.74, 6) is 1.35. The van der Waals surface area contributed by atoms with Crippen LogP contribution in [0.15, 0.2) is 65.7 Å². The molecule has 1 N–H and O–H groups in total. The molecule has 31 heavy (non-hydrogen) atoms. The number of sulfonamides is 1. The smallest absolute Gasteiger partial charge is 0.246 e. The van der Waals surface area contributed by atoms with Gasteiger partial charge in [-0.25, -0.2) is 13.4 Å². The van der Waals surface area contributed by atoms with E-state index in [1.54, 1.807) is 34.8 Å². The Morgan fingerprint density at radius 1 is 1.06 bits per heavy atom. The third kappa shape index (κ3) is 4.70. The summed E-state index contributed by atoms with van der Waals surface area (Å²) in [5, 5.41) is 3.32. The van der Waals surface area contributed by atoms with Gasteiger partial charge in [0.1, 0.15) is 16.5 Å². The van der Waals surface area contributed by atoms with E-state index in [1.165, 1.54) is 7.11 Å². The maximum Gasteiger partial charge on any atom is 0.246 e. The van der Waals surface area contributed by atoms with Gasteiger partial charge in [0.15, 0.2) is 0 Å². The molecule has 0 spiro atoms. The van der Waals surface area contributed by atoms with Crippen molar-refractivity contribution in [1.29, 1.82) is 0 Å². The maximum absolute atomic E-state index is 13.1. The van der Waals surface area contributed by atoms with Gasteiger partial charge in [-0.15, -0.1) is 0 Å². The molecule has 8 heteroatoms. The first-order valence-electron chi connectivity index (χ1n) is 10.3. The molecule has 2 aromatic heterocycles. The number of anilines is 2. The Morgan fingerprint density at radius 3 is 2.52 bits per heavy atom. The van der Waals surface area contributed by atoms with Crippen LogP contribution in [0.3, 0.4) is 0 Å². The number of pyridine rings is 2. The van der Waals surface area contributed by atoms with E-state index in [0.717, 1.165) is 22.9 Å². The molecule has 0 atom stereocenters. The number of nitrogens with one attached hydrogen (secondary N) is 1. The summed E-state index contributed by atoms with van der Waals surface area (Å²) >= 11 is 0. The minimum atomic E-state index is -3.60. The molecule has 1 fully saturated rings. The number of rotatable bonds is 6. The first-order chi connectivity index (χ1) is 15.0. The molecule has 162 valence electrons. The number of ether oxygens (including phenoxy) is 1. The van der Waals surface area contributed by atoms with Crippen LogP contribution in [-0.4, -0.2) is 42.9 Å². The summed E-state index contributed by atoms with van der Waals surface area (Å²) in [7, 11) is -2.11. The van der Waals surface area contributed by atoms with Crippen LogP contribution >= 0.6 is 0 Å². The van der Waals surface area contributed by atoms with Crippen LogP contribution < -0.4 is 10.1 Å². The molecule has 1 saturated heterocycles. The van der Waals surface area contributed by atoms with Crippen LogP contribution in [0.2, 0.25) is 0 Å². The van der Waals surface area contributed by atoms with Gasteiger partial charge in [-0.3, -0.25) is 4.98 Å². The van der Waals surface area contributed by atoms with E-state index in [4.69, 9.17) is 9.72 Å². The van der Waals surface area contributed by atoms with Crippen molar-refractivity contribution in [3.05, 3.63) is 72.2 Å². The number of nitrogens with zero attached hydrogens (tertiary/aromatic N) is 3. The lowest BCUT2D eigenvalue weighted by Gasteiger charge is -2.31. The average Bonchev–Trinajstić information content (AvgIpc) is 2.79. The van der Waals surface area contributed by atoms with Gasteiger partial charge >= 0.3 is 0 Å². The molecule has 0 bridgehead atoms.